The summed E-state index contributed by atoms with van der Waals surface area (Å²) in [5.41, 5.74) is -2.14. The maximum absolute atomic E-state index is 12.6. The maximum Gasteiger partial charge on any atom is 0.416 e. The fourth-order valence-corrected chi connectivity index (χ4v) is 2.02. The van der Waals surface area contributed by atoms with Gasteiger partial charge in [0.2, 0.25) is 0 Å². The van der Waals surface area contributed by atoms with Crippen molar-refractivity contribution >= 4 is 40.6 Å². The van der Waals surface area contributed by atoms with E-state index in [2.05, 4.69) is 11.9 Å². The van der Waals surface area contributed by atoms with Gasteiger partial charge in [0, 0.05) is 0 Å². The number of alkyl halides is 3. The Morgan fingerprint density at radius 2 is 1.64 bits per heavy atom. The average Bonchev–Trinajstić information content (AvgIpc) is 2.29. The number of amides is 1. The van der Waals surface area contributed by atoms with Crippen LogP contribution in [0.25, 0.3) is 5.57 Å². The van der Waals surface area contributed by atoms with E-state index >= 15 is 0 Å². The van der Waals surface area contributed by atoms with E-state index in [1.54, 1.807) is 20.8 Å². The Balaban J connectivity index is 3.06. The molecule has 0 aliphatic rings. The predicted octanol–water partition coefficient (Wildman–Crippen LogP) is 5.92. The highest BCUT2D eigenvalue weighted by atomic mass is 35.5. The lowest BCUT2D eigenvalue weighted by Crippen LogP contribution is -2.27. The molecule has 8 heteroatoms. The third kappa shape index (κ3) is 5.10. The lowest BCUT2D eigenvalue weighted by molar-refractivity contribution is -0.0686. The molecule has 1 rings (SSSR count). The number of hydrogen-bond acceptors (Lipinski definition) is 2. The molecule has 0 heterocycles. The van der Waals surface area contributed by atoms with Gasteiger partial charge in [-0.2, -0.15) is 13.2 Å². The van der Waals surface area contributed by atoms with Gasteiger partial charge in [0.25, 0.3) is 0 Å². The third-order valence-electron chi connectivity index (χ3n) is 2.36. The molecule has 0 unspecified atom stereocenters. The Morgan fingerprint density at radius 1 is 1.18 bits per heavy atom. The van der Waals surface area contributed by atoms with E-state index < -0.39 is 23.4 Å². The highest BCUT2D eigenvalue weighted by Gasteiger charge is 2.33. The molecule has 1 amide bonds. The second kappa shape index (κ2) is 6.38. The number of ether oxygens (including phenoxy) is 1. The van der Waals surface area contributed by atoms with Crippen molar-refractivity contribution in [2.45, 2.75) is 32.5 Å². The molecular weight excluding hydrogens is 342 g/mol. The second-order valence-corrected chi connectivity index (χ2v) is 6.23. The SMILES string of the molecule is C=C(c1cc(Cl)c(NC(=O)OC(C)(C)C)c(Cl)c1)C(F)(F)F. The van der Waals surface area contributed by atoms with E-state index in [0.717, 1.165) is 12.1 Å². The van der Waals surface area contributed by atoms with Crippen molar-refractivity contribution < 1.29 is 22.7 Å². The zero-order chi connectivity index (χ0) is 17.3. The first-order valence-electron chi connectivity index (χ1n) is 6.07. The van der Waals surface area contributed by atoms with Crippen LogP contribution in [0.1, 0.15) is 26.3 Å². The number of rotatable bonds is 2. The number of halogens is 5. The van der Waals surface area contributed by atoms with Crippen molar-refractivity contribution in [2.24, 2.45) is 0 Å². The first-order chi connectivity index (χ1) is 9.81. The monoisotopic (exact) mass is 355 g/mol. The van der Waals surface area contributed by atoms with Crippen LogP contribution in [0.3, 0.4) is 0 Å². The minimum Gasteiger partial charge on any atom is -0.444 e. The zero-order valence-electron chi connectivity index (χ0n) is 12.1. The van der Waals surface area contributed by atoms with Crippen molar-refractivity contribution in [3.05, 3.63) is 34.3 Å². The number of hydrogen-bond donors (Lipinski definition) is 1. The van der Waals surface area contributed by atoms with Crippen LogP contribution in [-0.2, 0) is 4.74 Å². The summed E-state index contributed by atoms with van der Waals surface area (Å²) in [5.74, 6) is 0. The summed E-state index contributed by atoms with van der Waals surface area (Å²) in [6.45, 7) is 7.94. The minimum atomic E-state index is -4.60. The van der Waals surface area contributed by atoms with Crippen LogP contribution in [0.2, 0.25) is 10.0 Å². The standard InChI is InChI=1S/C14H14Cl2F3NO2/c1-7(14(17,18)19)8-5-9(15)11(10(16)6-8)20-12(21)22-13(2,3)4/h5-6H,1H2,2-4H3,(H,20,21). The van der Waals surface area contributed by atoms with Crippen LogP contribution in [0.4, 0.5) is 23.7 Å². The summed E-state index contributed by atoms with van der Waals surface area (Å²) in [4.78, 5) is 11.7. The number of carbonyl (C=O) groups is 1. The van der Waals surface area contributed by atoms with Gasteiger partial charge in [-0.3, -0.25) is 5.32 Å². The Hall–Kier alpha value is -1.40. The average molecular weight is 356 g/mol. The molecule has 122 valence electrons. The van der Waals surface area contributed by atoms with E-state index in [4.69, 9.17) is 27.9 Å². The van der Waals surface area contributed by atoms with Gasteiger partial charge < -0.3 is 4.74 Å². The number of anilines is 1. The van der Waals surface area contributed by atoms with Crippen molar-refractivity contribution in [2.75, 3.05) is 5.32 Å². The Bertz CT molecular complexity index is 584. The van der Waals surface area contributed by atoms with Gasteiger partial charge in [0.1, 0.15) is 5.60 Å². The van der Waals surface area contributed by atoms with E-state index in [-0.39, 0.29) is 21.3 Å². The highest BCUT2D eigenvalue weighted by Crippen LogP contribution is 2.38. The molecule has 0 aliphatic carbocycles. The molecule has 0 bridgehead atoms. The molecule has 0 saturated carbocycles. The number of allylic oxidation sites excluding steroid dienone is 1. The van der Waals surface area contributed by atoms with E-state index in [0.29, 0.717) is 0 Å². The van der Waals surface area contributed by atoms with E-state index in [9.17, 15) is 18.0 Å². The minimum absolute atomic E-state index is 0.0312. The summed E-state index contributed by atoms with van der Waals surface area (Å²) in [5, 5.41) is 2.00. The normalized spacial score (nSPS) is 12.0. The molecular formula is C14H14Cl2F3NO2. The summed E-state index contributed by atoms with van der Waals surface area (Å²) in [6.07, 6.45) is -5.43. The molecule has 1 aromatic rings. The van der Waals surface area contributed by atoms with Gasteiger partial charge in [-0.25, -0.2) is 4.79 Å². The summed E-state index contributed by atoms with van der Waals surface area (Å²) in [7, 11) is 0. The smallest absolute Gasteiger partial charge is 0.416 e. The van der Waals surface area contributed by atoms with Crippen LogP contribution in [-0.4, -0.2) is 17.9 Å². The van der Waals surface area contributed by atoms with Crippen molar-refractivity contribution in [3.63, 3.8) is 0 Å². The van der Waals surface area contributed by atoms with Crippen LogP contribution in [0.5, 0.6) is 0 Å². The van der Waals surface area contributed by atoms with Crippen LogP contribution in [0.15, 0.2) is 18.7 Å². The second-order valence-electron chi connectivity index (χ2n) is 5.42. The fourth-order valence-electron chi connectivity index (χ4n) is 1.44. The molecule has 3 nitrogen and oxygen atoms in total. The van der Waals surface area contributed by atoms with Crippen molar-refractivity contribution in [1.82, 2.24) is 0 Å². The lowest BCUT2D eigenvalue weighted by atomic mass is 10.1. The molecule has 0 saturated heterocycles. The number of carbonyl (C=O) groups excluding carboxylic acids is 1. The number of nitrogens with one attached hydrogen (secondary N) is 1. The number of benzene rings is 1. The molecule has 22 heavy (non-hydrogen) atoms. The molecule has 1 N–H and O–H groups in total. The first kappa shape index (κ1) is 18.6. The van der Waals surface area contributed by atoms with Gasteiger partial charge in [0.05, 0.1) is 21.3 Å². The molecule has 0 atom stereocenters. The molecule has 1 aromatic carbocycles. The van der Waals surface area contributed by atoms with Gasteiger partial charge in [-0.05, 0) is 38.5 Å². The molecule has 0 aromatic heterocycles. The van der Waals surface area contributed by atoms with Gasteiger partial charge in [-0.15, -0.1) is 0 Å². The van der Waals surface area contributed by atoms with Gasteiger partial charge in [0.15, 0.2) is 0 Å². The Morgan fingerprint density at radius 3 is 2.00 bits per heavy atom. The maximum atomic E-state index is 12.6. The molecule has 0 aliphatic heterocycles. The van der Waals surface area contributed by atoms with Crippen LogP contribution >= 0.6 is 23.2 Å². The quantitative estimate of drug-likeness (QED) is 0.715. The van der Waals surface area contributed by atoms with Crippen molar-refractivity contribution in [3.8, 4) is 0 Å². The Labute approximate surface area is 136 Å². The van der Waals surface area contributed by atoms with Crippen LogP contribution < -0.4 is 5.32 Å². The predicted molar refractivity (Wildman–Crippen MR) is 81.4 cm³/mol. The van der Waals surface area contributed by atoms with E-state index in [1.807, 2.05) is 0 Å². The highest BCUT2D eigenvalue weighted by molar-refractivity contribution is 6.40. The summed E-state index contributed by atoms with van der Waals surface area (Å²) < 4.78 is 42.9. The molecule has 0 spiro atoms. The molecule has 0 radical (unpaired) electrons. The zero-order valence-corrected chi connectivity index (χ0v) is 13.6. The first-order valence-corrected chi connectivity index (χ1v) is 6.82. The van der Waals surface area contributed by atoms with Crippen LogP contribution in [0, 0.1) is 0 Å². The summed E-state index contributed by atoms with van der Waals surface area (Å²) >= 11 is 11.8. The summed E-state index contributed by atoms with van der Waals surface area (Å²) in [6, 6.07) is 2.05. The molecule has 0 fully saturated rings. The van der Waals surface area contributed by atoms with Gasteiger partial charge in [-0.1, -0.05) is 29.8 Å². The largest absolute Gasteiger partial charge is 0.444 e. The lowest BCUT2D eigenvalue weighted by Gasteiger charge is -2.20. The van der Waals surface area contributed by atoms with Gasteiger partial charge >= 0.3 is 12.3 Å². The van der Waals surface area contributed by atoms with E-state index in [1.165, 1.54) is 0 Å². The fraction of sp³-hybridized carbons (Fsp3) is 0.357. The Kier molecular flexibility index (Phi) is 5.41. The third-order valence-corrected chi connectivity index (χ3v) is 2.95. The van der Waals surface area contributed by atoms with Crippen molar-refractivity contribution in [1.29, 1.82) is 0 Å². The topological polar surface area (TPSA) is 38.3 Å².